The van der Waals surface area contributed by atoms with Crippen LogP contribution in [0, 0.1) is 0 Å². The van der Waals surface area contributed by atoms with Crippen LogP contribution in [0.3, 0.4) is 0 Å². The number of hydrogen-bond acceptors (Lipinski definition) is 5. The van der Waals surface area contributed by atoms with Gasteiger partial charge in [0, 0.05) is 13.1 Å². The van der Waals surface area contributed by atoms with E-state index in [0.29, 0.717) is 6.42 Å². The van der Waals surface area contributed by atoms with Gasteiger partial charge in [0.05, 0.1) is 16.9 Å². The summed E-state index contributed by atoms with van der Waals surface area (Å²) in [6, 6.07) is 9.25. The molecule has 1 atom stereocenters. The minimum atomic E-state index is -3.07. The van der Waals surface area contributed by atoms with E-state index in [2.05, 4.69) is 0 Å². The molecule has 1 amide bonds. The van der Waals surface area contributed by atoms with Gasteiger partial charge in [-0.15, -0.1) is 0 Å². The number of benzene rings is 1. The molecule has 2 aliphatic rings. The van der Waals surface area contributed by atoms with E-state index in [9.17, 15) is 18.0 Å². The van der Waals surface area contributed by atoms with Crippen LogP contribution < -0.4 is 0 Å². The highest BCUT2D eigenvalue weighted by molar-refractivity contribution is 7.91. The van der Waals surface area contributed by atoms with Gasteiger partial charge in [0.1, 0.15) is 0 Å². The lowest BCUT2D eigenvalue weighted by Crippen LogP contribution is -2.42. The quantitative estimate of drug-likeness (QED) is 0.727. The summed E-state index contributed by atoms with van der Waals surface area (Å²) in [5, 5.41) is 0. The highest BCUT2D eigenvalue weighted by Crippen LogP contribution is 2.42. The van der Waals surface area contributed by atoms with Crippen molar-refractivity contribution in [1.29, 1.82) is 0 Å². The van der Waals surface area contributed by atoms with E-state index in [1.165, 1.54) is 4.90 Å². The van der Waals surface area contributed by atoms with Crippen molar-refractivity contribution in [2.75, 3.05) is 25.2 Å². The fraction of sp³-hybridized carbons (Fsp3) is 0.579. The zero-order chi connectivity index (χ0) is 18.8. The third kappa shape index (κ3) is 3.77. The van der Waals surface area contributed by atoms with Crippen LogP contribution in [0.1, 0.15) is 37.7 Å². The molecule has 0 aromatic heterocycles. The van der Waals surface area contributed by atoms with Gasteiger partial charge < -0.3 is 9.64 Å². The van der Waals surface area contributed by atoms with Gasteiger partial charge in [0.25, 0.3) is 5.91 Å². The van der Waals surface area contributed by atoms with E-state index in [-0.39, 0.29) is 36.0 Å². The number of hydrogen-bond donors (Lipinski definition) is 0. The monoisotopic (exact) mass is 379 g/mol. The van der Waals surface area contributed by atoms with Gasteiger partial charge in [-0.25, -0.2) is 8.42 Å². The minimum absolute atomic E-state index is 0.0167. The van der Waals surface area contributed by atoms with E-state index >= 15 is 0 Å². The smallest absolute Gasteiger partial charge is 0.317 e. The molecule has 1 aliphatic carbocycles. The number of esters is 1. The van der Waals surface area contributed by atoms with Crippen molar-refractivity contribution in [3.8, 4) is 0 Å². The maximum atomic E-state index is 12.8. The number of amides is 1. The molecule has 3 rings (SSSR count). The Bertz CT molecular complexity index is 768. The largest absolute Gasteiger partial charge is 0.455 e. The van der Waals surface area contributed by atoms with Crippen molar-refractivity contribution in [2.45, 2.75) is 43.6 Å². The van der Waals surface area contributed by atoms with E-state index in [4.69, 9.17) is 4.74 Å². The third-order valence-electron chi connectivity index (χ3n) is 5.65. The molecule has 1 heterocycles. The molecule has 2 fully saturated rings. The molecular weight excluding hydrogens is 354 g/mol. The first kappa shape index (κ1) is 18.9. The molecule has 1 aromatic rings. The number of nitrogens with zero attached hydrogens (tertiary/aromatic N) is 1. The average molecular weight is 379 g/mol. The third-order valence-corrected chi connectivity index (χ3v) is 7.40. The fourth-order valence-corrected chi connectivity index (χ4v) is 5.77. The van der Waals surface area contributed by atoms with Crippen molar-refractivity contribution < 1.29 is 22.7 Å². The number of carbonyl (C=O) groups is 2. The predicted octanol–water partition coefficient (Wildman–Crippen LogP) is 1.69. The Labute approximate surface area is 154 Å². The van der Waals surface area contributed by atoms with Gasteiger partial charge >= 0.3 is 5.97 Å². The number of likely N-dealkylation sites (N-methyl/N-ethyl adjacent to an activating group) is 1. The minimum Gasteiger partial charge on any atom is -0.455 e. The SMILES string of the molecule is CN(C(=O)COC(=O)C1(c2ccccc2)CCCC1)C1CCS(=O)(=O)C1. The lowest BCUT2D eigenvalue weighted by molar-refractivity contribution is -0.157. The highest BCUT2D eigenvalue weighted by Gasteiger charge is 2.44. The molecule has 142 valence electrons. The Hall–Kier alpha value is -1.89. The second-order valence-corrected chi connectivity index (χ2v) is 9.52. The van der Waals surface area contributed by atoms with Crippen LogP contribution in [0.25, 0.3) is 0 Å². The van der Waals surface area contributed by atoms with Gasteiger partial charge in [-0.1, -0.05) is 43.2 Å². The second kappa shape index (κ2) is 7.39. The first-order valence-corrected chi connectivity index (χ1v) is 10.8. The summed E-state index contributed by atoms with van der Waals surface area (Å²) < 4.78 is 28.6. The van der Waals surface area contributed by atoms with Crippen LogP contribution in [-0.2, 0) is 29.6 Å². The van der Waals surface area contributed by atoms with Crippen LogP contribution in [0.4, 0.5) is 0 Å². The maximum absolute atomic E-state index is 12.8. The molecule has 1 saturated heterocycles. The highest BCUT2D eigenvalue weighted by atomic mass is 32.2. The molecule has 1 saturated carbocycles. The van der Waals surface area contributed by atoms with Gasteiger partial charge in [-0.05, 0) is 24.8 Å². The fourth-order valence-electron chi connectivity index (χ4n) is 4.00. The van der Waals surface area contributed by atoms with E-state index in [0.717, 1.165) is 31.2 Å². The predicted molar refractivity (Wildman–Crippen MR) is 97.4 cm³/mol. The normalized spacial score (nSPS) is 23.5. The van der Waals surface area contributed by atoms with Crippen molar-refractivity contribution >= 4 is 21.7 Å². The Morgan fingerprint density at radius 1 is 1.19 bits per heavy atom. The summed E-state index contributed by atoms with van der Waals surface area (Å²) in [5.74, 6) is -0.632. The molecule has 1 unspecified atom stereocenters. The maximum Gasteiger partial charge on any atom is 0.317 e. The lowest BCUT2D eigenvalue weighted by atomic mass is 9.79. The molecule has 0 spiro atoms. The lowest BCUT2D eigenvalue weighted by Gasteiger charge is -2.28. The zero-order valence-electron chi connectivity index (χ0n) is 15.0. The second-order valence-electron chi connectivity index (χ2n) is 7.29. The van der Waals surface area contributed by atoms with Crippen molar-refractivity contribution in [2.24, 2.45) is 0 Å². The molecular formula is C19H25NO5S. The van der Waals surface area contributed by atoms with Crippen molar-refractivity contribution in [3.05, 3.63) is 35.9 Å². The van der Waals surface area contributed by atoms with E-state index in [1.54, 1.807) is 7.05 Å². The Balaban J connectivity index is 1.63. The van der Waals surface area contributed by atoms with Crippen molar-refractivity contribution in [3.63, 3.8) is 0 Å². The van der Waals surface area contributed by atoms with Crippen LogP contribution >= 0.6 is 0 Å². The van der Waals surface area contributed by atoms with Gasteiger partial charge in [0.2, 0.25) is 0 Å². The number of rotatable bonds is 5. The summed E-state index contributed by atoms with van der Waals surface area (Å²) in [6.07, 6.45) is 3.80. The molecule has 26 heavy (non-hydrogen) atoms. The summed E-state index contributed by atoms with van der Waals surface area (Å²) in [4.78, 5) is 26.6. The van der Waals surface area contributed by atoms with Crippen molar-refractivity contribution in [1.82, 2.24) is 4.90 Å². The van der Waals surface area contributed by atoms with Crippen LogP contribution in [-0.4, -0.2) is 56.4 Å². The number of sulfone groups is 1. The Morgan fingerprint density at radius 3 is 2.42 bits per heavy atom. The van der Waals surface area contributed by atoms with Gasteiger partial charge in [-0.3, -0.25) is 9.59 Å². The first-order chi connectivity index (χ1) is 12.3. The molecule has 0 bridgehead atoms. The molecule has 0 N–H and O–H groups in total. The van der Waals surface area contributed by atoms with Crippen LogP contribution in [0.5, 0.6) is 0 Å². The molecule has 0 radical (unpaired) electrons. The van der Waals surface area contributed by atoms with Gasteiger partial charge in [0.15, 0.2) is 16.4 Å². The molecule has 1 aliphatic heterocycles. The summed E-state index contributed by atoms with van der Waals surface area (Å²) >= 11 is 0. The number of carbonyl (C=O) groups excluding carboxylic acids is 2. The standard InChI is InChI=1S/C19H25NO5S/c1-20(16-9-12-26(23,24)14-16)17(21)13-25-18(22)19(10-5-6-11-19)15-7-3-2-4-8-15/h2-4,7-8,16H,5-6,9-14H2,1H3. The van der Waals surface area contributed by atoms with Gasteiger partial charge in [-0.2, -0.15) is 0 Å². The molecule has 6 nitrogen and oxygen atoms in total. The topological polar surface area (TPSA) is 80.8 Å². The Morgan fingerprint density at radius 2 is 1.85 bits per heavy atom. The Kier molecular flexibility index (Phi) is 5.37. The van der Waals surface area contributed by atoms with Crippen LogP contribution in [0.15, 0.2) is 30.3 Å². The van der Waals surface area contributed by atoms with E-state index < -0.39 is 15.3 Å². The average Bonchev–Trinajstić information content (AvgIpc) is 3.27. The number of ether oxygens (including phenoxy) is 1. The summed E-state index contributed by atoms with van der Waals surface area (Å²) in [6.45, 7) is -0.347. The van der Waals surface area contributed by atoms with Crippen LogP contribution in [0.2, 0.25) is 0 Å². The summed E-state index contributed by atoms with van der Waals surface area (Å²) in [7, 11) is -1.49. The summed E-state index contributed by atoms with van der Waals surface area (Å²) in [5.41, 5.74) is 0.266. The zero-order valence-corrected chi connectivity index (χ0v) is 15.8. The first-order valence-electron chi connectivity index (χ1n) is 9.03. The molecule has 7 heteroatoms. The van der Waals surface area contributed by atoms with E-state index in [1.807, 2.05) is 30.3 Å². The molecule has 1 aromatic carbocycles.